The zero-order valence-electron chi connectivity index (χ0n) is 10.1. The normalized spacial score (nSPS) is 14.8. The van der Waals surface area contributed by atoms with Crippen molar-refractivity contribution >= 4 is 11.6 Å². The van der Waals surface area contributed by atoms with Crippen molar-refractivity contribution in [1.82, 2.24) is 9.97 Å². The third-order valence-electron chi connectivity index (χ3n) is 2.90. The lowest BCUT2D eigenvalue weighted by Gasteiger charge is -2.21. The fourth-order valence-corrected chi connectivity index (χ4v) is 1.77. The van der Waals surface area contributed by atoms with E-state index >= 15 is 0 Å². The second-order valence-electron chi connectivity index (χ2n) is 4.19. The van der Waals surface area contributed by atoms with Gasteiger partial charge in [0.15, 0.2) is 0 Å². The zero-order valence-corrected chi connectivity index (χ0v) is 10.1. The van der Waals surface area contributed by atoms with Gasteiger partial charge in [-0.2, -0.15) is 0 Å². The van der Waals surface area contributed by atoms with Crippen molar-refractivity contribution in [2.75, 3.05) is 30.0 Å². The highest BCUT2D eigenvalue weighted by atomic mass is 16.3. The van der Waals surface area contributed by atoms with Crippen molar-refractivity contribution in [2.24, 2.45) is 5.84 Å². The fraction of sp³-hybridized carbons (Fsp3) is 0.636. The van der Waals surface area contributed by atoms with Crippen LogP contribution in [0.4, 0.5) is 11.6 Å². The van der Waals surface area contributed by atoms with E-state index in [-0.39, 0.29) is 6.61 Å². The second kappa shape index (κ2) is 5.29. The molecule has 94 valence electrons. The van der Waals surface area contributed by atoms with Crippen LogP contribution in [0.1, 0.15) is 31.5 Å². The van der Waals surface area contributed by atoms with E-state index < -0.39 is 0 Å². The van der Waals surface area contributed by atoms with E-state index in [1.54, 1.807) is 0 Å². The van der Waals surface area contributed by atoms with Crippen LogP contribution >= 0.6 is 0 Å². The maximum Gasteiger partial charge on any atom is 0.145 e. The molecule has 6 nitrogen and oxygen atoms in total. The first-order valence-corrected chi connectivity index (χ1v) is 6.00. The van der Waals surface area contributed by atoms with Gasteiger partial charge in [0.25, 0.3) is 0 Å². The van der Waals surface area contributed by atoms with E-state index in [0.29, 0.717) is 18.3 Å². The smallest absolute Gasteiger partial charge is 0.145 e. The molecule has 0 aromatic carbocycles. The highest BCUT2D eigenvalue weighted by molar-refractivity contribution is 5.49. The SMILES string of the molecule is CCN(CCO)c1cc(NN)nc(C2CC2)n1. The molecule has 0 spiro atoms. The lowest BCUT2D eigenvalue weighted by molar-refractivity contribution is 0.302. The van der Waals surface area contributed by atoms with Crippen molar-refractivity contribution in [3.8, 4) is 0 Å². The van der Waals surface area contributed by atoms with Gasteiger partial charge in [0.2, 0.25) is 0 Å². The third kappa shape index (κ3) is 2.83. The Morgan fingerprint density at radius 2 is 2.29 bits per heavy atom. The molecule has 1 aromatic rings. The number of rotatable bonds is 6. The minimum Gasteiger partial charge on any atom is -0.395 e. The molecule has 6 heteroatoms. The minimum absolute atomic E-state index is 0.113. The fourth-order valence-electron chi connectivity index (χ4n) is 1.77. The first kappa shape index (κ1) is 12.1. The van der Waals surface area contributed by atoms with E-state index in [9.17, 15) is 0 Å². The third-order valence-corrected chi connectivity index (χ3v) is 2.90. The lowest BCUT2D eigenvalue weighted by Crippen LogP contribution is -2.28. The molecule has 17 heavy (non-hydrogen) atoms. The Morgan fingerprint density at radius 1 is 1.53 bits per heavy atom. The Morgan fingerprint density at radius 3 is 2.82 bits per heavy atom. The molecule has 1 aliphatic rings. The van der Waals surface area contributed by atoms with Gasteiger partial charge in [-0.05, 0) is 19.8 Å². The number of nitrogens with two attached hydrogens (primary N) is 1. The van der Waals surface area contributed by atoms with Gasteiger partial charge in [-0.3, -0.25) is 0 Å². The molecular formula is C11H19N5O. The Hall–Kier alpha value is -1.40. The molecule has 0 radical (unpaired) electrons. The molecule has 1 aliphatic carbocycles. The number of nitrogen functional groups attached to an aromatic ring is 1. The lowest BCUT2D eigenvalue weighted by atomic mass is 10.3. The van der Waals surface area contributed by atoms with Crippen molar-refractivity contribution in [1.29, 1.82) is 0 Å². The van der Waals surface area contributed by atoms with Crippen molar-refractivity contribution < 1.29 is 5.11 Å². The van der Waals surface area contributed by atoms with E-state index in [0.717, 1.165) is 31.0 Å². The number of hydrogen-bond acceptors (Lipinski definition) is 6. The first-order chi connectivity index (χ1) is 8.28. The summed E-state index contributed by atoms with van der Waals surface area (Å²) in [5, 5.41) is 9.02. The summed E-state index contributed by atoms with van der Waals surface area (Å²) in [4.78, 5) is 10.9. The molecule has 0 unspecified atom stereocenters. The van der Waals surface area contributed by atoms with E-state index in [4.69, 9.17) is 10.9 Å². The molecule has 0 amide bonds. The average Bonchev–Trinajstić information content (AvgIpc) is 3.19. The Balaban J connectivity index is 2.27. The van der Waals surface area contributed by atoms with E-state index in [1.807, 2.05) is 17.9 Å². The van der Waals surface area contributed by atoms with Crippen LogP contribution in [0, 0.1) is 0 Å². The second-order valence-corrected chi connectivity index (χ2v) is 4.19. The molecular weight excluding hydrogens is 218 g/mol. The Bertz CT molecular complexity index is 380. The maximum atomic E-state index is 9.02. The molecule has 1 heterocycles. The van der Waals surface area contributed by atoms with Crippen LogP contribution in [0.25, 0.3) is 0 Å². The van der Waals surface area contributed by atoms with Crippen molar-refractivity contribution in [3.63, 3.8) is 0 Å². The molecule has 0 saturated heterocycles. The molecule has 2 rings (SSSR count). The van der Waals surface area contributed by atoms with Crippen LogP contribution in [-0.4, -0.2) is 34.8 Å². The first-order valence-electron chi connectivity index (χ1n) is 6.00. The van der Waals surface area contributed by atoms with Gasteiger partial charge < -0.3 is 15.4 Å². The van der Waals surface area contributed by atoms with Gasteiger partial charge in [0.05, 0.1) is 6.61 Å². The summed E-state index contributed by atoms with van der Waals surface area (Å²) in [6.45, 7) is 3.51. The van der Waals surface area contributed by atoms with Gasteiger partial charge in [-0.15, -0.1) is 0 Å². The Labute approximate surface area is 101 Å². The molecule has 0 atom stereocenters. The van der Waals surface area contributed by atoms with Gasteiger partial charge in [0.1, 0.15) is 17.5 Å². The molecule has 0 aliphatic heterocycles. The largest absolute Gasteiger partial charge is 0.395 e. The number of anilines is 2. The summed E-state index contributed by atoms with van der Waals surface area (Å²) in [6.07, 6.45) is 2.30. The van der Waals surface area contributed by atoms with Crippen LogP contribution in [0.2, 0.25) is 0 Å². The highest BCUT2D eigenvalue weighted by Crippen LogP contribution is 2.39. The number of hydrazine groups is 1. The van der Waals surface area contributed by atoms with Crippen molar-refractivity contribution in [2.45, 2.75) is 25.7 Å². The standard InChI is InChI=1S/C11H19N5O/c1-2-16(5-6-17)10-7-9(15-12)13-11(14-10)8-3-4-8/h7-8,17H,2-6,12H2,1H3,(H,13,14,15). The minimum atomic E-state index is 0.113. The average molecular weight is 237 g/mol. The summed E-state index contributed by atoms with van der Waals surface area (Å²) in [7, 11) is 0. The number of hydrogen-bond donors (Lipinski definition) is 3. The van der Waals surface area contributed by atoms with Crippen LogP contribution in [0.5, 0.6) is 0 Å². The van der Waals surface area contributed by atoms with Gasteiger partial charge in [0, 0.05) is 25.1 Å². The topological polar surface area (TPSA) is 87.3 Å². The zero-order chi connectivity index (χ0) is 12.3. The number of nitrogens with one attached hydrogen (secondary N) is 1. The highest BCUT2D eigenvalue weighted by Gasteiger charge is 2.27. The number of nitrogens with zero attached hydrogens (tertiary/aromatic N) is 3. The number of aliphatic hydroxyl groups excluding tert-OH is 1. The van der Waals surface area contributed by atoms with Crippen LogP contribution in [0.3, 0.4) is 0 Å². The van der Waals surface area contributed by atoms with Gasteiger partial charge in [-0.1, -0.05) is 0 Å². The molecule has 4 N–H and O–H groups in total. The molecule has 1 fully saturated rings. The van der Waals surface area contributed by atoms with Crippen molar-refractivity contribution in [3.05, 3.63) is 11.9 Å². The summed E-state index contributed by atoms with van der Waals surface area (Å²) < 4.78 is 0. The Kier molecular flexibility index (Phi) is 3.75. The summed E-state index contributed by atoms with van der Waals surface area (Å²) in [6, 6.07) is 1.81. The predicted octanol–water partition coefficient (Wildman–Crippen LogP) is 0.458. The number of aromatic nitrogens is 2. The molecule has 0 bridgehead atoms. The quantitative estimate of drug-likeness (QED) is 0.492. The monoisotopic (exact) mass is 237 g/mol. The van der Waals surface area contributed by atoms with E-state index in [1.165, 1.54) is 0 Å². The van der Waals surface area contributed by atoms with Gasteiger partial charge in [-0.25, -0.2) is 15.8 Å². The van der Waals surface area contributed by atoms with Gasteiger partial charge >= 0.3 is 0 Å². The number of likely N-dealkylation sites (N-methyl/N-ethyl adjacent to an activating group) is 1. The van der Waals surface area contributed by atoms with E-state index in [2.05, 4.69) is 15.4 Å². The molecule has 1 saturated carbocycles. The summed E-state index contributed by atoms with van der Waals surface area (Å²) in [5.74, 6) is 8.21. The molecule has 1 aromatic heterocycles. The summed E-state index contributed by atoms with van der Waals surface area (Å²) >= 11 is 0. The summed E-state index contributed by atoms with van der Waals surface area (Å²) in [5.41, 5.74) is 2.57. The maximum absolute atomic E-state index is 9.02. The predicted molar refractivity (Wildman–Crippen MR) is 66.8 cm³/mol. The van der Waals surface area contributed by atoms with Crippen LogP contribution in [-0.2, 0) is 0 Å². The van der Waals surface area contributed by atoms with Crippen LogP contribution < -0.4 is 16.2 Å². The van der Waals surface area contributed by atoms with Crippen LogP contribution in [0.15, 0.2) is 6.07 Å². The number of aliphatic hydroxyl groups is 1.